The highest BCUT2D eigenvalue weighted by molar-refractivity contribution is 5.77. The third-order valence-electron chi connectivity index (χ3n) is 5.95. The van der Waals surface area contributed by atoms with E-state index in [1.54, 1.807) is 14.2 Å². The van der Waals surface area contributed by atoms with Gasteiger partial charge in [0, 0.05) is 39.2 Å². The van der Waals surface area contributed by atoms with Crippen LogP contribution < -0.4 is 9.47 Å². The molecule has 0 unspecified atom stereocenters. The molecule has 2 saturated heterocycles. The number of nitrogens with zero attached hydrogens (tertiary/aromatic N) is 2. The molecule has 0 aliphatic carbocycles. The Kier molecular flexibility index (Phi) is 6.96. The Morgan fingerprint density at radius 2 is 1.81 bits per heavy atom. The van der Waals surface area contributed by atoms with E-state index < -0.39 is 0 Å². The molecule has 0 N–H and O–H groups in total. The summed E-state index contributed by atoms with van der Waals surface area (Å²) in [6.07, 6.45) is 4.03. The highest BCUT2D eigenvalue weighted by atomic mass is 16.5. The first-order valence-corrected chi connectivity index (χ1v) is 9.90. The summed E-state index contributed by atoms with van der Waals surface area (Å²) in [5.41, 5.74) is 0.297. The number of carbonyl (C=O) groups excluding carboxylic acids is 1. The van der Waals surface area contributed by atoms with Crippen LogP contribution in [0.15, 0.2) is 24.3 Å². The van der Waals surface area contributed by atoms with E-state index in [1.165, 1.54) is 0 Å². The van der Waals surface area contributed by atoms with Crippen LogP contribution >= 0.6 is 0 Å². The van der Waals surface area contributed by atoms with Gasteiger partial charge in [-0.2, -0.15) is 0 Å². The average Bonchev–Trinajstić information content (AvgIpc) is 2.70. The first kappa shape index (κ1) is 20.0. The Hall–Kier alpha value is -1.79. The SMILES string of the molecule is COCCN1CC2(CCC1=O)CCN(CCOc1cccc(OC)c1)CC2. The van der Waals surface area contributed by atoms with E-state index in [4.69, 9.17) is 14.2 Å². The summed E-state index contributed by atoms with van der Waals surface area (Å²) in [5, 5.41) is 0. The second-order valence-electron chi connectivity index (χ2n) is 7.68. The molecule has 0 saturated carbocycles. The molecular formula is C21H32N2O4. The summed E-state index contributed by atoms with van der Waals surface area (Å²) in [7, 11) is 3.36. The number of piperidine rings is 2. The minimum Gasteiger partial charge on any atom is -0.497 e. The van der Waals surface area contributed by atoms with Gasteiger partial charge in [-0.3, -0.25) is 9.69 Å². The normalized spacial score (nSPS) is 20.1. The van der Waals surface area contributed by atoms with Crippen LogP contribution in [0.1, 0.15) is 25.7 Å². The number of amides is 1. The minimum atomic E-state index is 0.284. The average molecular weight is 376 g/mol. The molecule has 1 amide bonds. The zero-order chi connectivity index (χ0) is 19.1. The molecule has 3 rings (SSSR count). The predicted molar refractivity (Wildman–Crippen MR) is 104 cm³/mol. The fourth-order valence-corrected chi connectivity index (χ4v) is 4.15. The van der Waals surface area contributed by atoms with E-state index in [2.05, 4.69) is 4.90 Å². The first-order valence-electron chi connectivity index (χ1n) is 9.90. The van der Waals surface area contributed by atoms with Crippen molar-refractivity contribution in [3.05, 3.63) is 24.3 Å². The van der Waals surface area contributed by atoms with Crippen molar-refractivity contribution >= 4 is 5.91 Å². The fourth-order valence-electron chi connectivity index (χ4n) is 4.15. The summed E-state index contributed by atoms with van der Waals surface area (Å²) in [5.74, 6) is 1.95. The lowest BCUT2D eigenvalue weighted by molar-refractivity contribution is -0.139. The highest BCUT2D eigenvalue weighted by Crippen LogP contribution is 2.40. The van der Waals surface area contributed by atoms with Crippen molar-refractivity contribution in [2.45, 2.75) is 25.7 Å². The van der Waals surface area contributed by atoms with Gasteiger partial charge in [0.15, 0.2) is 0 Å². The molecule has 0 bridgehead atoms. The third kappa shape index (κ3) is 5.36. The van der Waals surface area contributed by atoms with Crippen LogP contribution in [0.4, 0.5) is 0 Å². The van der Waals surface area contributed by atoms with E-state index in [0.717, 1.165) is 63.5 Å². The van der Waals surface area contributed by atoms with Crippen molar-refractivity contribution in [3.63, 3.8) is 0 Å². The van der Waals surface area contributed by atoms with Crippen molar-refractivity contribution in [1.82, 2.24) is 9.80 Å². The van der Waals surface area contributed by atoms with Crippen LogP contribution in [0.5, 0.6) is 11.5 Å². The molecule has 6 nitrogen and oxygen atoms in total. The molecule has 2 aliphatic heterocycles. The van der Waals surface area contributed by atoms with Crippen molar-refractivity contribution in [2.75, 3.05) is 60.2 Å². The molecule has 0 atom stereocenters. The Balaban J connectivity index is 1.42. The topological polar surface area (TPSA) is 51.2 Å². The van der Waals surface area contributed by atoms with Gasteiger partial charge in [0.05, 0.1) is 13.7 Å². The van der Waals surface area contributed by atoms with E-state index in [9.17, 15) is 4.79 Å². The summed E-state index contributed by atoms with van der Waals surface area (Å²) >= 11 is 0. The maximum Gasteiger partial charge on any atom is 0.222 e. The largest absolute Gasteiger partial charge is 0.497 e. The van der Waals surface area contributed by atoms with Crippen molar-refractivity contribution in [2.24, 2.45) is 5.41 Å². The molecule has 27 heavy (non-hydrogen) atoms. The lowest BCUT2D eigenvalue weighted by Crippen LogP contribution is -2.52. The molecule has 150 valence electrons. The Labute approximate surface area is 162 Å². The van der Waals surface area contributed by atoms with E-state index in [-0.39, 0.29) is 5.91 Å². The van der Waals surface area contributed by atoms with Crippen molar-refractivity contribution < 1.29 is 19.0 Å². The number of methoxy groups -OCH3 is 2. The molecule has 2 aliphatic rings. The van der Waals surface area contributed by atoms with Gasteiger partial charge in [-0.05, 0) is 49.9 Å². The predicted octanol–water partition coefficient (Wildman–Crippen LogP) is 2.42. The van der Waals surface area contributed by atoms with Gasteiger partial charge in [-0.15, -0.1) is 0 Å². The summed E-state index contributed by atoms with van der Waals surface area (Å²) < 4.78 is 16.3. The number of ether oxygens (including phenoxy) is 3. The molecule has 0 aromatic heterocycles. The van der Waals surface area contributed by atoms with Crippen LogP contribution in [0, 0.1) is 5.41 Å². The zero-order valence-corrected chi connectivity index (χ0v) is 16.6. The number of hydrogen-bond donors (Lipinski definition) is 0. The van der Waals surface area contributed by atoms with Gasteiger partial charge in [0.1, 0.15) is 18.1 Å². The summed E-state index contributed by atoms with van der Waals surface area (Å²) in [6.45, 7) is 5.99. The molecule has 2 heterocycles. The molecular weight excluding hydrogens is 344 g/mol. The maximum absolute atomic E-state index is 12.1. The Bertz CT molecular complexity index is 614. The maximum atomic E-state index is 12.1. The smallest absolute Gasteiger partial charge is 0.222 e. The molecule has 0 radical (unpaired) electrons. The van der Waals surface area contributed by atoms with Gasteiger partial charge in [0.2, 0.25) is 5.91 Å². The monoisotopic (exact) mass is 376 g/mol. The van der Waals surface area contributed by atoms with Gasteiger partial charge >= 0.3 is 0 Å². The van der Waals surface area contributed by atoms with Crippen LogP contribution in [-0.4, -0.2) is 75.9 Å². The molecule has 6 heteroatoms. The first-order chi connectivity index (χ1) is 13.1. The second kappa shape index (κ2) is 9.42. The van der Waals surface area contributed by atoms with Gasteiger partial charge in [0.25, 0.3) is 0 Å². The molecule has 1 spiro atoms. The van der Waals surface area contributed by atoms with Crippen LogP contribution in [-0.2, 0) is 9.53 Å². The molecule has 1 aromatic rings. The number of hydrogen-bond acceptors (Lipinski definition) is 5. The van der Waals surface area contributed by atoms with Crippen molar-refractivity contribution in [1.29, 1.82) is 0 Å². The van der Waals surface area contributed by atoms with E-state index in [1.807, 2.05) is 29.2 Å². The van der Waals surface area contributed by atoms with Gasteiger partial charge in [-0.25, -0.2) is 0 Å². The summed E-state index contributed by atoms with van der Waals surface area (Å²) in [6, 6.07) is 7.74. The zero-order valence-electron chi connectivity index (χ0n) is 16.6. The van der Waals surface area contributed by atoms with Crippen LogP contribution in [0.25, 0.3) is 0 Å². The summed E-state index contributed by atoms with van der Waals surface area (Å²) in [4.78, 5) is 16.6. The fraction of sp³-hybridized carbons (Fsp3) is 0.667. The van der Waals surface area contributed by atoms with Crippen molar-refractivity contribution in [3.8, 4) is 11.5 Å². The standard InChI is InChI=1S/C21H32N2O4/c1-25-14-13-23-17-21(7-6-20(23)24)8-10-22(11-9-21)12-15-27-19-5-3-4-18(16-19)26-2/h3-5,16H,6-15,17H2,1-2H3. The minimum absolute atomic E-state index is 0.284. The van der Waals surface area contributed by atoms with Gasteiger partial charge < -0.3 is 19.1 Å². The number of likely N-dealkylation sites (tertiary alicyclic amines) is 2. The lowest BCUT2D eigenvalue weighted by Gasteiger charge is -2.47. The van der Waals surface area contributed by atoms with Crippen LogP contribution in [0.3, 0.4) is 0 Å². The number of carbonyl (C=O) groups is 1. The van der Waals surface area contributed by atoms with Crippen LogP contribution in [0.2, 0.25) is 0 Å². The third-order valence-corrected chi connectivity index (χ3v) is 5.95. The van der Waals surface area contributed by atoms with E-state index in [0.29, 0.717) is 25.0 Å². The van der Waals surface area contributed by atoms with Gasteiger partial charge in [-0.1, -0.05) is 6.07 Å². The quantitative estimate of drug-likeness (QED) is 0.697. The molecule has 2 fully saturated rings. The van der Waals surface area contributed by atoms with E-state index >= 15 is 0 Å². The second-order valence-corrected chi connectivity index (χ2v) is 7.68. The number of benzene rings is 1. The number of rotatable bonds is 8. The Morgan fingerprint density at radius 3 is 2.56 bits per heavy atom. The highest BCUT2D eigenvalue weighted by Gasteiger charge is 2.40. The Morgan fingerprint density at radius 1 is 1.04 bits per heavy atom. The lowest BCUT2D eigenvalue weighted by atomic mass is 9.72. The molecule has 1 aromatic carbocycles.